The topological polar surface area (TPSA) is 325 Å². The van der Waals surface area contributed by atoms with E-state index >= 15 is 0 Å². The van der Waals surface area contributed by atoms with Crippen molar-refractivity contribution in [3.63, 3.8) is 0 Å². The lowest BCUT2D eigenvalue weighted by Crippen LogP contribution is -2.57. The number of halogens is 2. The molecule has 0 spiro atoms. The molecule has 129 heavy (non-hydrogen) atoms. The minimum atomic E-state index is -2.07. The van der Waals surface area contributed by atoms with Crippen molar-refractivity contribution >= 4 is 111 Å². The number of carbonyl (C=O) groups is 12. The maximum Gasteiger partial charge on any atom is 0.326 e. The lowest BCUT2D eigenvalue weighted by atomic mass is 9.85. The predicted octanol–water partition coefficient (Wildman–Crippen LogP) is 17.2. The minimum absolute atomic E-state index is 0.0232. The second-order valence-electron chi connectivity index (χ2n) is 40.1. The number of nitrogens with zero attached hydrogens (tertiary/aromatic N) is 6. The summed E-state index contributed by atoms with van der Waals surface area (Å²) < 4.78 is 13.8. The summed E-state index contributed by atoms with van der Waals surface area (Å²) in [4.78, 5) is 164. The van der Waals surface area contributed by atoms with Crippen LogP contribution in [-0.2, 0) is 79.2 Å². The van der Waals surface area contributed by atoms with Gasteiger partial charge in [0, 0.05) is 76.3 Å². The summed E-state index contributed by atoms with van der Waals surface area (Å²) in [5, 5.41) is 19.2. The molecule has 2 rings (SSSR count). The Labute approximate surface area is 789 Å². The number of hydrogen-bond acceptors (Lipinski definition) is 15. The van der Waals surface area contributed by atoms with Gasteiger partial charge >= 0.3 is 5.97 Å². The third kappa shape index (κ3) is 39.6. The van der Waals surface area contributed by atoms with Gasteiger partial charge in [0.05, 0.1) is 43.4 Å². The quantitative estimate of drug-likeness (QED) is 0.0233. The van der Waals surface area contributed by atoms with Gasteiger partial charge in [-0.2, -0.15) is 0 Å². The van der Waals surface area contributed by atoms with Crippen LogP contribution in [0.4, 0.5) is 0 Å². The highest BCUT2D eigenvalue weighted by Crippen LogP contribution is 2.42. The van der Waals surface area contributed by atoms with Crippen molar-refractivity contribution in [1.29, 1.82) is 0 Å². The zero-order valence-electron chi connectivity index (χ0n) is 86.1. The number of nitrogens with one attached hydrogen (secondary N) is 3. The molecule has 25 nitrogen and oxygen atoms in total. The Hall–Kier alpha value is -7.67. The molecule has 0 aromatic heterocycles. The van der Waals surface area contributed by atoms with Crippen LogP contribution in [0.25, 0.3) is 0 Å². The second kappa shape index (κ2) is 55.7. The Morgan fingerprint density at radius 1 is 0.457 bits per heavy atom. The van der Waals surface area contributed by atoms with E-state index in [-0.39, 0.29) is 119 Å². The zero-order chi connectivity index (χ0) is 100. The standard InChI is InChI=1S/C50H84ClN5O7Si.C27H51NO4Si.C23H35ClN4O4/c1-20-32(5)44(38(11)57)53-43(58)30-54(15)49(62)42(29-39-24-26-40(51)27-25-39)56(17)48(61)37(10)52-46(59)41(28-31(3)4)55(16)47(60)35(8)23-22-34(7)36(9)45(33(6)21-2)63-64(18,19)50(12,13)14;1-14-19(4)24(32-33(12,13)27(8,9)10)22(7)20(5)15-16-21(6)25(29)28(11)23(26(30)31)17-18(2)3;1-7-14(2)21(16(4)29)26-20(30)13-27(5)23(32)19(28(6)22(31)15(3)25)12-17-8-10-18(24)11-9-17/h21,23-27,31-32,34,36-37,41-42,44-45H,20,22,28-30H2,1-19H3,(H,52,59)(H,53,58);14,16,18,20,22-24H,15,17H2,1-13H3,(H,30,31);8-11,14-15,19,21H,7,12-13,25H2,1-6H3,(H,26,30)/b33-21+,35-23+;19-14+,21-16+;/t32-,34-,36-,37-,41+,42+,44?,45+;20-,22-,23?,24+;14-,15-,19+,21?/m000/s1. The van der Waals surface area contributed by atoms with Gasteiger partial charge in [-0.25, -0.2) is 4.79 Å². The summed E-state index contributed by atoms with van der Waals surface area (Å²) >= 11 is 12.1. The van der Waals surface area contributed by atoms with Crippen molar-refractivity contribution in [2.75, 3.05) is 55.4 Å². The molecule has 0 heterocycles. The highest BCUT2D eigenvalue weighted by Gasteiger charge is 2.44. The number of carboxylic acids is 1. The number of hydrogen-bond donors (Lipinski definition) is 5. The molecular weight excluding hydrogens is 1710 g/mol. The van der Waals surface area contributed by atoms with E-state index in [0.717, 1.165) is 24.0 Å². The van der Waals surface area contributed by atoms with E-state index in [1.165, 1.54) is 82.6 Å². The summed E-state index contributed by atoms with van der Waals surface area (Å²) in [5.41, 5.74) is 10.8. The molecule has 0 aliphatic heterocycles. The van der Waals surface area contributed by atoms with Gasteiger partial charge in [0.1, 0.15) is 30.2 Å². The summed E-state index contributed by atoms with van der Waals surface area (Å²) in [7, 11) is 5.17. The summed E-state index contributed by atoms with van der Waals surface area (Å²) in [5.74, 6) is -3.97. The average Bonchev–Trinajstić information content (AvgIpc) is 0.843. The smallest absolute Gasteiger partial charge is 0.326 e. The molecule has 0 saturated carbocycles. The number of amides is 9. The minimum Gasteiger partial charge on any atom is -0.480 e. The first-order valence-electron chi connectivity index (χ1n) is 46.1. The molecule has 0 fully saturated rings. The summed E-state index contributed by atoms with van der Waals surface area (Å²) in [6.07, 6.45) is 12.1. The van der Waals surface area contributed by atoms with Crippen molar-refractivity contribution in [2.24, 2.45) is 53.1 Å². The van der Waals surface area contributed by atoms with Crippen LogP contribution >= 0.6 is 23.2 Å². The van der Waals surface area contributed by atoms with Gasteiger partial charge in [-0.15, -0.1) is 0 Å². The maximum absolute atomic E-state index is 14.1. The van der Waals surface area contributed by atoms with E-state index in [1.807, 2.05) is 74.5 Å². The molecule has 0 saturated heterocycles. The lowest BCUT2D eigenvalue weighted by Gasteiger charge is -2.42. The molecular formula is C100H170Cl2N10O15Si2. The van der Waals surface area contributed by atoms with E-state index in [4.69, 9.17) is 37.8 Å². The number of rotatable bonds is 47. The van der Waals surface area contributed by atoms with Crippen LogP contribution in [0.2, 0.25) is 46.3 Å². The normalized spacial score (nSPS) is 16.2. The first-order chi connectivity index (χ1) is 59.2. The fraction of sp³-hybridized carbons (Fsp3) is 0.680. The zero-order valence-corrected chi connectivity index (χ0v) is 89.6. The molecule has 0 aliphatic rings. The number of likely N-dealkylation sites (N-methyl/N-ethyl adjacent to an activating group) is 6. The SMILES string of the molecule is C/C=C(\C)[C@@H](O[Si](C)(C)C(C)(C)C)[C@@H](C)[C@@H](C)C/C=C(\C)C(=O)N(C)C(CC(C)C)C(=O)O.C/C=C(\C)[C@@H](O[Si](C)(C)C(C)(C)C)[C@@H](C)[C@@H](C)C/C=C(\C)C(=O)N(C)[C@H](CC(C)C)C(=O)N[C@@H](C)C(=O)N(C)[C@H](Cc1ccc(Cl)cc1)C(=O)N(C)CC(=O)NC(C(C)=O)[C@@H](C)CC.CC[C@H](C)C(NC(=O)CN(C)C(=O)[C@@H](Cc1ccc(Cl)cc1)N(C)C(=O)[C@H](C)N)C(C)=O. The van der Waals surface area contributed by atoms with Gasteiger partial charge in [0.2, 0.25) is 53.2 Å². The molecule has 732 valence electrons. The Balaban J connectivity index is 0.00000211. The Bertz CT molecular complexity index is 4120. The maximum atomic E-state index is 14.1. The molecule has 16 atom stereocenters. The number of allylic oxidation sites excluding steroid dienone is 4. The Morgan fingerprint density at radius 2 is 0.767 bits per heavy atom. The fourth-order valence-corrected chi connectivity index (χ4v) is 17.2. The number of nitrogens with two attached hydrogens (primary N) is 1. The van der Waals surface area contributed by atoms with Crippen LogP contribution in [0.1, 0.15) is 244 Å². The first kappa shape index (κ1) is 121. The molecule has 0 bridgehead atoms. The van der Waals surface area contributed by atoms with Gasteiger partial charge in [-0.1, -0.05) is 209 Å². The molecule has 2 aromatic carbocycles. The summed E-state index contributed by atoms with van der Waals surface area (Å²) in [6, 6.07) is 7.13. The Morgan fingerprint density at radius 3 is 1.05 bits per heavy atom. The van der Waals surface area contributed by atoms with Crippen LogP contribution < -0.4 is 21.7 Å². The van der Waals surface area contributed by atoms with Crippen LogP contribution in [-0.4, -0.2) is 238 Å². The monoisotopic (exact) mass is 1880 g/mol. The largest absolute Gasteiger partial charge is 0.480 e. The van der Waals surface area contributed by atoms with Gasteiger partial charge < -0.3 is 65.0 Å². The van der Waals surface area contributed by atoms with Gasteiger partial charge in [-0.05, 0) is 225 Å². The number of benzene rings is 2. The number of ketones is 2. The van der Waals surface area contributed by atoms with Crippen LogP contribution in [0.15, 0.2) is 95.1 Å². The molecule has 2 aromatic rings. The third-order valence-corrected chi connectivity index (χ3v) is 35.7. The molecule has 0 radical (unpaired) electrons. The van der Waals surface area contributed by atoms with Crippen molar-refractivity contribution < 1.29 is 71.5 Å². The predicted molar refractivity (Wildman–Crippen MR) is 530 cm³/mol. The first-order valence-corrected chi connectivity index (χ1v) is 52.6. The van der Waals surface area contributed by atoms with E-state index < -0.39 is 106 Å². The van der Waals surface area contributed by atoms with E-state index in [0.29, 0.717) is 52.8 Å². The molecule has 6 N–H and O–H groups in total. The highest BCUT2D eigenvalue weighted by atomic mass is 35.5. The molecule has 29 heteroatoms. The third-order valence-electron chi connectivity index (χ3n) is 26.3. The number of carboxylic acid groups (broad SMARTS) is 1. The van der Waals surface area contributed by atoms with Crippen LogP contribution in [0.5, 0.6) is 0 Å². The fourth-order valence-electron chi connectivity index (χ4n) is 14.1. The van der Waals surface area contributed by atoms with Crippen molar-refractivity contribution in [2.45, 2.75) is 342 Å². The van der Waals surface area contributed by atoms with Crippen molar-refractivity contribution in [3.8, 4) is 0 Å². The van der Waals surface area contributed by atoms with Crippen molar-refractivity contribution in [3.05, 3.63) is 116 Å². The molecule has 3 unspecified atom stereocenters. The van der Waals surface area contributed by atoms with Gasteiger partial charge in [0.15, 0.2) is 28.2 Å². The highest BCUT2D eigenvalue weighted by molar-refractivity contribution is 6.74. The average molecular weight is 1880 g/mol. The Kier molecular flexibility index (Phi) is 52.4. The molecule has 0 aliphatic carbocycles. The van der Waals surface area contributed by atoms with E-state index in [1.54, 1.807) is 90.3 Å². The molecule has 9 amide bonds. The van der Waals surface area contributed by atoms with Crippen LogP contribution in [0.3, 0.4) is 0 Å². The lowest BCUT2D eigenvalue weighted by molar-refractivity contribution is -0.148. The summed E-state index contributed by atoms with van der Waals surface area (Å²) in [6.45, 7) is 64.2. The van der Waals surface area contributed by atoms with E-state index in [2.05, 4.69) is 144 Å². The van der Waals surface area contributed by atoms with Gasteiger partial charge in [0.25, 0.3) is 0 Å². The number of Topliss-reactive ketones (excluding diaryl/α,β-unsaturated/α-hetero) is 2. The van der Waals surface area contributed by atoms with Crippen molar-refractivity contribution in [1.82, 2.24) is 45.3 Å². The van der Waals surface area contributed by atoms with Crippen LogP contribution in [0, 0.1) is 47.3 Å². The van der Waals surface area contributed by atoms with Gasteiger partial charge in [-0.3, -0.25) is 52.7 Å². The number of aliphatic carboxylic acids is 1. The second-order valence-corrected chi connectivity index (χ2v) is 50.5. The number of carbonyl (C=O) groups excluding carboxylic acids is 11. The van der Waals surface area contributed by atoms with E-state index in [9.17, 15) is 62.6 Å².